The molecule has 2 aromatic rings. The van der Waals surface area contributed by atoms with Crippen LogP contribution in [-0.4, -0.2) is 43.2 Å². The van der Waals surface area contributed by atoms with Gasteiger partial charge in [-0.1, -0.05) is 6.92 Å². The van der Waals surface area contributed by atoms with Gasteiger partial charge in [-0.05, 0) is 55.0 Å². The van der Waals surface area contributed by atoms with E-state index in [2.05, 4.69) is 0 Å². The number of anilines is 1. The summed E-state index contributed by atoms with van der Waals surface area (Å²) in [7, 11) is 0. The Morgan fingerprint density at radius 1 is 0.900 bits per heavy atom. The van der Waals surface area contributed by atoms with Gasteiger partial charge in [0.2, 0.25) is 5.91 Å². The summed E-state index contributed by atoms with van der Waals surface area (Å²) in [4.78, 5) is 49.1. The number of Topliss-reactive ketones (excluding diaryl/α,β-unsaturated/α-hetero) is 2. The number of benzene rings is 2. The number of ketones is 2. The zero-order valence-corrected chi connectivity index (χ0v) is 16.8. The minimum atomic E-state index is -0.670. The number of carbonyl (C=O) groups excluding carboxylic acids is 4. The molecule has 0 saturated carbocycles. The first-order valence-electron chi connectivity index (χ1n) is 9.83. The van der Waals surface area contributed by atoms with Gasteiger partial charge in [-0.15, -0.1) is 0 Å². The van der Waals surface area contributed by atoms with Crippen LogP contribution in [0.25, 0.3) is 0 Å². The molecule has 2 aromatic carbocycles. The van der Waals surface area contributed by atoms with Crippen LogP contribution in [0, 0.1) is 0 Å². The van der Waals surface area contributed by atoms with Crippen molar-refractivity contribution in [1.29, 1.82) is 0 Å². The minimum Gasteiger partial charge on any atom is -0.482 e. The monoisotopic (exact) mass is 409 g/mol. The van der Waals surface area contributed by atoms with Gasteiger partial charge < -0.3 is 14.4 Å². The minimum absolute atomic E-state index is 0.0273. The van der Waals surface area contributed by atoms with Crippen molar-refractivity contribution in [1.82, 2.24) is 0 Å². The molecule has 156 valence electrons. The number of carbonyl (C=O) groups is 4. The van der Waals surface area contributed by atoms with Gasteiger partial charge in [0.1, 0.15) is 5.75 Å². The second kappa shape index (κ2) is 9.82. The van der Waals surface area contributed by atoms with Crippen LogP contribution in [0.5, 0.6) is 5.75 Å². The molecule has 1 saturated heterocycles. The van der Waals surface area contributed by atoms with E-state index in [9.17, 15) is 19.2 Å². The van der Waals surface area contributed by atoms with E-state index in [0.29, 0.717) is 36.3 Å². The predicted molar refractivity (Wildman–Crippen MR) is 110 cm³/mol. The van der Waals surface area contributed by atoms with Gasteiger partial charge in [-0.25, -0.2) is 4.79 Å². The molecule has 0 aromatic heterocycles. The van der Waals surface area contributed by atoms with Crippen molar-refractivity contribution in [2.24, 2.45) is 0 Å². The highest BCUT2D eigenvalue weighted by Crippen LogP contribution is 2.21. The lowest BCUT2D eigenvalue weighted by Crippen LogP contribution is -2.23. The van der Waals surface area contributed by atoms with Gasteiger partial charge in [0.05, 0.1) is 0 Å². The first-order chi connectivity index (χ1) is 14.5. The summed E-state index contributed by atoms with van der Waals surface area (Å²) in [6.07, 6.45) is 1.79. The van der Waals surface area contributed by atoms with E-state index in [4.69, 9.17) is 9.47 Å². The molecule has 0 bridgehead atoms. The summed E-state index contributed by atoms with van der Waals surface area (Å²) >= 11 is 0. The van der Waals surface area contributed by atoms with Gasteiger partial charge in [-0.3, -0.25) is 14.4 Å². The van der Waals surface area contributed by atoms with Crippen molar-refractivity contribution in [3.05, 3.63) is 59.7 Å². The second-order valence-corrected chi connectivity index (χ2v) is 6.87. The number of esters is 1. The third-order valence-electron chi connectivity index (χ3n) is 4.79. The fourth-order valence-corrected chi connectivity index (χ4v) is 3.10. The fourth-order valence-electron chi connectivity index (χ4n) is 3.10. The normalized spacial score (nSPS) is 13.2. The molecule has 1 aliphatic heterocycles. The Balaban J connectivity index is 1.44. The molecular formula is C23H23NO6. The summed E-state index contributed by atoms with van der Waals surface area (Å²) in [6, 6.07) is 13.1. The van der Waals surface area contributed by atoms with Crippen molar-refractivity contribution >= 4 is 29.1 Å². The second-order valence-electron chi connectivity index (χ2n) is 6.87. The Labute approximate surface area is 174 Å². The maximum Gasteiger partial charge on any atom is 0.344 e. The zero-order valence-electron chi connectivity index (χ0n) is 16.8. The predicted octanol–water partition coefficient (Wildman–Crippen LogP) is 3.21. The quantitative estimate of drug-likeness (QED) is 0.467. The van der Waals surface area contributed by atoms with E-state index in [0.717, 1.165) is 12.1 Å². The molecule has 3 rings (SSSR count). The summed E-state index contributed by atoms with van der Waals surface area (Å²) in [5.74, 6) is -0.478. The van der Waals surface area contributed by atoms with Crippen LogP contribution in [-0.2, 0) is 14.3 Å². The standard InChI is InChI=1S/C23H23NO6/c1-2-20(25)16-7-11-19(12-8-16)29-15-23(28)30-14-21(26)17-5-9-18(10-6-17)24-13-3-4-22(24)27/h5-12H,2-4,13-15H2,1H3. The molecule has 1 aliphatic rings. The number of hydrogen-bond acceptors (Lipinski definition) is 6. The highest BCUT2D eigenvalue weighted by atomic mass is 16.6. The molecular weight excluding hydrogens is 386 g/mol. The molecule has 0 unspecified atom stereocenters. The third kappa shape index (κ3) is 5.31. The maximum atomic E-state index is 12.2. The molecule has 0 aliphatic carbocycles. The fraction of sp³-hybridized carbons (Fsp3) is 0.304. The Bertz CT molecular complexity index is 933. The van der Waals surface area contributed by atoms with E-state index in [1.54, 1.807) is 60.4 Å². The molecule has 30 heavy (non-hydrogen) atoms. The smallest absolute Gasteiger partial charge is 0.344 e. The van der Waals surface area contributed by atoms with Crippen molar-refractivity contribution in [2.45, 2.75) is 26.2 Å². The van der Waals surface area contributed by atoms with Gasteiger partial charge >= 0.3 is 5.97 Å². The van der Waals surface area contributed by atoms with Crippen LogP contribution in [0.1, 0.15) is 46.9 Å². The molecule has 1 fully saturated rings. The van der Waals surface area contributed by atoms with E-state index in [1.165, 1.54) is 0 Å². The van der Waals surface area contributed by atoms with Crippen LogP contribution in [0.4, 0.5) is 5.69 Å². The van der Waals surface area contributed by atoms with Crippen LogP contribution in [0.15, 0.2) is 48.5 Å². The molecule has 1 amide bonds. The lowest BCUT2D eigenvalue weighted by molar-refractivity contribution is -0.144. The highest BCUT2D eigenvalue weighted by molar-refractivity contribution is 5.99. The summed E-state index contributed by atoms with van der Waals surface area (Å²) in [5, 5.41) is 0. The molecule has 0 radical (unpaired) electrons. The van der Waals surface area contributed by atoms with Gasteiger partial charge in [-0.2, -0.15) is 0 Å². The van der Waals surface area contributed by atoms with Gasteiger partial charge in [0, 0.05) is 36.2 Å². The van der Waals surface area contributed by atoms with Crippen LogP contribution < -0.4 is 9.64 Å². The van der Waals surface area contributed by atoms with E-state index in [-0.39, 0.29) is 24.1 Å². The van der Waals surface area contributed by atoms with Crippen LogP contribution in [0.3, 0.4) is 0 Å². The van der Waals surface area contributed by atoms with Crippen molar-refractivity contribution in [3.8, 4) is 5.75 Å². The van der Waals surface area contributed by atoms with E-state index in [1.807, 2.05) is 0 Å². The first kappa shape index (κ1) is 21.2. The van der Waals surface area contributed by atoms with Crippen molar-refractivity contribution in [3.63, 3.8) is 0 Å². The Kier molecular flexibility index (Phi) is 6.95. The third-order valence-corrected chi connectivity index (χ3v) is 4.79. The molecule has 1 heterocycles. The highest BCUT2D eigenvalue weighted by Gasteiger charge is 2.21. The Morgan fingerprint density at radius 2 is 1.53 bits per heavy atom. The van der Waals surface area contributed by atoms with Gasteiger partial charge in [0.25, 0.3) is 0 Å². The average molecular weight is 409 g/mol. The van der Waals surface area contributed by atoms with Crippen molar-refractivity contribution < 1.29 is 28.7 Å². The number of rotatable bonds is 9. The molecule has 0 N–H and O–H groups in total. The summed E-state index contributed by atoms with van der Waals surface area (Å²) < 4.78 is 10.3. The van der Waals surface area contributed by atoms with Gasteiger partial charge in [0.15, 0.2) is 24.8 Å². The number of nitrogens with zero attached hydrogens (tertiary/aromatic N) is 1. The number of hydrogen-bond donors (Lipinski definition) is 0. The lowest BCUT2D eigenvalue weighted by Gasteiger charge is -2.15. The summed E-state index contributed by atoms with van der Waals surface area (Å²) in [5.41, 5.74) is 1.74. The Morgan fingerprint density at radius 3 is 2.13 bits per heavy atom. The SMILES string of the molecule is CCC(=O)c1ccc(OCC(=O)OCC(=O)c2ccc(N3CCCC3=O)cc2)cc1. The van der Waals surface area contributed by atoms with E-state index < -0.39 is 12.6 Å². The average Bonchev–Trinajstić information content (AvgIpc) is 3.21. The lowest BCUT2D eigenvalue weighted by atomic mass is 10.1. The zero-order chi connectivity index (χ0) is 21.5. The molecule has 7 nitrogen and oxygen atoms in total. The molecule has 0 atom stereocenters. The first-order valence-corrected chi connectivity index (χ1v) is 9.83. The number of ether oxygens (including phenoxy) is 2. The van der Waals surface area contributed by atoms with E-state index >= 15 is 0 Å². The topological polar surface area (TPSA) is 90.0 Å². The molecule has 0 spiro atoms. The number of amides is 1. The maximum absolute atomic E-state index is 12.2. The Hall–Kier alpha value is -3.48. The summed E-state index contributed by atoms with van der Waals surface area (Å²) in [6.45, 7) is 1.73. The van der Waals surface area contributed by atoms with Crippen LogP contribution in [0.2, 0.25) is 0 Å². The molecule has 7 heteroatoms. The van der Waals surface area contributed by atoms with Crippen molar-refractivity contribution in [2.75, 3.05) is 24.7 Å². The largest absolute Gasteiger partial charge is 0.482 e. The van der Waals surface area contributed by atoms with Crippen LogP contribution >= 0.6 is 0 Å².